The van der Waals surface area contributed by atoms with Crippen LogP contribution in [0.1, 0.15) is 54.1 Å². The standard InChI is InChI=1S/C26H31N2O5PS/c1-16(2)32-34(30,33-17(3)4)15-18-6-8-19(9-7-18)25(29)28-26-27-24-22-12-11-21(31-5)14-20(22)10-13-23(24)35-26/h6-9,11-12,14,16-17H,10,13,15H2,1-5H3,(H,27,28,29). The van der Waals surface area contributed by atoms with E-state index in [1.807, 2.05) is 39.8 Å². The Balaban J connectivity index is 1.46. The number of aromatic nitrogens is 1. The highest BCUT2D eigenvalue weighted by Crippen LogP contribution is 2.53. The van der Waals surface area contributed by atoms with E-state index in [1.54, 1.807) is 31.4 Å². The predicted octanol–water partition coefficient (Wildman–Crippen LogP) is 6.71. The normalized spacial score (nSPS) is 13.0. The number of hydrogen-bond donors (Lipinski definition) is 1. The molecular formula is C26H31N2O5PS. The van der Waals surface area contributed by atoms with Crippen LogP contribution in [0.2, 0.25) is 0 Å². The van der Waals surface area contributed by atoms with Gasteiger partial charge in [0.05, 0.1) is 31.2 Å². The number of carbonyl (C=O) groups excluding carboxylic acids is 1. The van der Waals surface area contributed by atoms with Gasteiger partial charge >= 0.3 is 7.60 Å². The number of ether oxygens (including phenoxy) is 1. The smallest absolute Gasteiger partial charge is 0.335 e. The topological polar surface area (TPSA) is 86.8 Å². The van der Waals surface area contributed by atoms with Crippen LogP contribution in [0.4, 0.5) is 5.13 Å². The van der Waals surface area contributed by atoms with Gasteiger partial charge in [0.2, 0.25) is 0 Å². The zero-order valence-corrected chi connectivity index (χ0v) is 22.4. The van der Waals surface area contributed by atoms with Crippen LogP contribution in [0, 0.1) is 0 Å². The molecule has 35 heavy (non-hydrogen) atoms. The molecule has 1 aliphatic rings. The average molecular weight is 515 g/mol. The van der Waals surface area contributed by atoms with Gasteiger partial charge in [-0.2, -0.15) is 0 Å². The van der Waals surface area contributed by atoms with Crippen molar-refractivity contribution in [1.29, 1.82) is 0 Å². The first kappa shape index (κ1) is 25.6. The molecule has 0 saturated heterocycles. The Bertz CT molecular complexity index is 1240. The molecule has 0 unspecified atom stereocenters. The van der Waals surface area contributed by atoms with Gasteiger partial charge in [-0.3, -0.25) is 14.7 Å². The lowest BCUT2D eigenvalue weighted by Crippen LogP contribution is -2.12. The molecule has 0 radical (unpaired) electrons. The van der Waals surface area contributed by atoms with Gasteiger partial charge < -0.3 is 13.8 Å². The number of nitrogens with one attached hydrogen (secondary N) is 1. The molecular weight excluding hydrogens is 483 g/mol. The molecule has 0 spiro atoms. The first-order valence-electron chi connectivity index (χ1n) is 11.7. The number of amides is 1. The number of fused-ring (bicyclic) bond motifs is 3. The van der Waals surface area contributed by atoms with E-state index in [0.29, 0.717) is 10.7 Å². The number of nitrogens with zero attached hydrogens (tertiary/aromatic N) is 1. The lowest BCUT2D eigenvalue weighted by atomic mass is 9.93. The largest absolute Gasteiger partial charge is 0.497 e. The summed E-state index contributed by atoms with van der Waals surface area (Å²) >= 11 is 1.51. The minimum absolute atomic E-state index is 0.147. The summed E-state index contributed by atoms with van der Waals surface area (Å²) in [5.74, 6) is 0.597. The minimum Gasteiger partial charge on any atom is -0.497 e. The maximum Gasteiger partial charge on any atom is 0.335 e. The van der Waals surface area contributed by atoms with Crippen molar-refractivity contribution in [1.82, 2.24) is 4.98 Å². The van der Waals surface area contributed by atoms with Crippen molar-refractivity contribution in [3.63, 3.8) is 0 Å². The molecule has 9 heteroatoms. The van der Waals surface area contributed by atoms with Crippen LogP contribution in [0.15, 0.2) is 42.5 Å². The second-order valence-electron chi connectivity index (χ2n) is 9.04. The van der Waals surface area contributed by atoms with E-state index in [-0.39, 0.29) is 24.3 Å². The van der Waals surface area contributed by atoms with Gasteiger partial charge in [0.1, 0.15) is 5.75 Å². The lowest BCUT2D eigenvalue weighted by molar-refractivity contribution is 0.102. The molecule has 1 amide bonds. The number of rotatable bonds is 9. The van der Waals surface area contributed by atoms with Crippen molar-refractivity contribution >= 4 is 30.0 Å². The third kappa shape index (κ3) is 6.19. The molecule has 2 aromatic carbocycles. The molecule has 3 aromatic rings. The molecule has 1 aromatic heterocycles. The van der Waals surface area contributed by atoms with E-state index in [9.17, 15) is 9.36 Å². The first-order chi connectivity index (χ1) is 16.7. The molecule has 1 aliphatic carbocycles. The van der Waals surface area contributed by atoms with Gasteiger partial charge in [-0.05, 0) is 82.0 Å². The van der Waals surface area contributed by atoms with Crippen molar-refractivity contribution < 1.29 is 23.1 Å². The molecule has 7 nitrogen and oxygen atoms in total. The maximum absolute atomic E-state index is 13.1. The van der Waals surface area contributed by atoms with Crippen molar-refractivity contribution in [2.45, 2.75) is 58.9 Å². The Morgan fingerprint density at radius 1 is 1.06 bits per heavy atom. The quantitative estimate of drug-likeness (QED) is 0.319. The SMILES string of the molecule is COc1ccc2c(c1)CCc1sc(NC(=O)c3ccc(CP(=O)(OC(C)C)OC(C)C)cc3)nc1-2. The summed E-state index contributed by atoms with van der Waals surface area (Å²) in [4.78, 5) is 18.8. The van der Waals surface area contributed by atoms with E-state index in [2.05, 4.69) is 11.4 Å². The van der Waals surface area contributed by atoms with Crippen LogP contribution in [0.5, 0.6) is 5.75 Å². The van der Waals surface area contributed by atoms with Crippen LogP contribution in [-0.4, -0.2) is 30.2 Å². The zero-order valence-electron chi connectivity index (χ0n) is 20.7. The third-order valence-electron chi connectivity index (χ3n) is 5.44. The van der Waals surface area contributed by atoms with Crippen molar-refractivity contribution in [2.24, 2.45) is 0 Å². The zero-order chi connectivity index (χ0) is 25.2. The number of methoxy groups -OCH3 is 1. The van der Waals surface area contributed by atoms with Gasteiger partial charge in [0.25, 0.3) is 5.91 Å². The lowest BCUT2D eigenvalue weighted by Gasteiger charge is -2.22. The Kier molecular flexibility index (Phi) is 7.77. The number of hydrogen-bond acceptors (Lipinski definition) is 7. The second kappa shape index (κ2) is 10.6. The summed E-state index contributed by atoms with van der Waals surface area (Å²) in [6.07, 6.45) is 1.51. The number of aryl methyl sites for hydroxylation is 2. The fraction of sp³-hybridized carbons (Fsp3) is 0.385. The van der Waals surface area contributed by atoms with E-state index >= 15 is 0 Å². The molecule has 0 fully saturated rings. The first-order valence-corrected chi connectivity index (χ1v) is 14.2. The van der Waals surface area contributed by atoms with Gasteiger partial charge in [-0.25, -0.2) is 4.98 Å². The van der Waals surface area contributed by atoms with Gasteiger partial charge in [0.15, 0.2) is 5.13 Å². The van der Waals surface area contributed by atoms with Gasteiger partial charge in [-0.15, -0.1) is 11.3 Å². The summed E-state index contributed by atoms with van der Waals surface area (Å²) in [5.41, 5.74) is 4.50. The molecule has 1 heterocycles. The minimum atomic E-state index is -3.30. The van der Waals surface area contributed by atoms with E-state index < -0.39 is 7.60 Å². The van der Waals surface area contributed by atoms with Crippen molar-refractivity contribution in [2.75, 3.05) is 12.4 Å². The molecule has 0 aliphatic heterocycles. The highest BCUT2D eigenvalue weighted by Gasteiger charge is 2.28. The summed E-state index contributed by atoms with van der Waals surface area (Å²) in [7, 11) is -1.64. The van der Waals surface area contributed by atoms with Crippen LogP contribution < -0.4 is 10.1 Å². The maximum atomic E-state index is 13.1. The number of thiazole rings is 1. The van der Waals surface area contributed by atoms with E-state index in [0.717, 1.165) is 35.4 Å². The monoisotopic (exact) mass is 514 g/mol. The number of carbonyl (C=O) groups is 1. The molecule has 4 rings (SSSR count). The van der Waals surface area contributed by atoms with E-state index in [4.69, 9.17) is 18.8 Å². The fourth-order valence-corrected chi connectivity index (χ4v) is 7.18. The summed E-state index contributed by atoms with van der Waals surface area (Å²) < 4.78 is 29.7. The molecule has 0 saturated carbocycles. The summed E-state index contributed by atoms with van der Waals surface area (Å²) in [5, 5.41) is 3.51. The van der Waals surface area contributed by atoms with Crippen LogP contribution in [0.25, 0.3) is 11.3 Å². The predicted molar refractivity (Wildman–Crippen MR) is 140 cm³/mol. The Hall–Kier alpha value is -2.51. The molecule has 186 valence electrons. The molecule has 1 N–H and O–H groups in total. The number of benzene rings is 2. The summed E-state index contributed by atoms with van der Waals surface area (Å²) in [6, 6.07) is 13.0. The van der Waals surface area contributed by atoms with E-state index in [1.165, 1.54) is 21.8 Å². The van der Waals surface area contributed by atoms with Gasteiger partial charge in [0, 0.05) is 16.0 Å². The highest BCUT2D eigenvalue weighted by molar-refractivity contribution is 7.53. The third-order valence-corrected chi connectivity index (χ3v) is 8.71. The average Bonchev–Trinajstić information content (AvgIpc) is 3.20. The Morgan fingerprint density at radius 2 is 1.74 bits per heavy atom. The van der Waals surface area contributed by atoms with Crippen molar-refractivity contribution in [3.05, 3.63) is 64.0 Å². The summed E-state index contributed by atoms with van der Waals surface area (Å²) in [6.45, 7) is 7.32. The van der Waals surface area contributed by atoms with Crippen LogP contribution >= 0.6 is 18.9 Å². The second-order valence-corrected chi connectivity index (χ2v) is 12.1. The van der Waals surface area contributed by atoms with Gasteiger partial charge in [-0.1, -0.05) is 12.1 Å². The van der Waals surface area contributed by atoms with Crippen LogP contribution in [-0.2, 0) is 32.6 Å². The van der Waals surface area contributed by atoms with Crippen molar-refractivity contribution in [3.8, 4) is 17.0 Å². The highest BCUT2D eigenvalue weighted by atomic mass is 32.1. The fourth-order valence-electron chi connectivity index (χ4n) is 4.06. The number of anilines is 1. The van der Waals surface area contributed by atoms with Crippen LogP contribution in [0.3, 0.4) is 0 Å². The molecule has 0 bridgehead atoms. The Labute approximate surface area is 210 Å². The molecule has 0 atom stereocenters. The Morgan fingerprint density at radius 3 is 2.37 bits per heavy atom.